The van der Waals surface area contributed by atoms with E-state index in [1.807, 2.05) is 0 Å². The van der Waals surface area contributed by atoms with Crippen molar-refractivity contribution in [2.45, 2.75) is 6.42 Å². The predicted octanol–water partition coefficient (Wildman–Crippen LogP) is 1.92. The van der Waals surface area contributed by atoms with Gasteiger partial charge in [-0.15, -0.1) is 0 Å². The van der Waals surface area contributed by atoms with Crippen LogP contribution in [0.3, 0.4) is 0 Å². The lowest BCUT2D eigenvalue weighted by molar-refractivity contribution is -0.305. The quantitative estimate of drug-likeness (QED) is 0.378. The molecule has 30 heavy (non-hydrogen) atoms. The number of methoxy groups -OCH3 is 1. The normalized spacial score (nSPS) is 14.4. The first kappa shape index (κ1) is 20.9. The Bertz CT molecular complexity index is 1040. The summed E-state index contributed by atoms with van der Waals surface area (Å²) in [4.78, 5) is 37.5. The Balaban J connectivity index is 2.04. The molecule has 2 aromatic carbocycles. The van der Waals surface area contributed by atoms with Crippen LogP contribution in [-0.2, 0) is 9.59 Å². The summed E-state index contributed by atoms with van der Waals surface area (Å²) in [5.41, 5.74) is 1.76. The van der Waals surface area contributed by atoms with Gasteiger partial charge in [0.1, 0.15) is 6.61 Å². The fourth-order valence-corrected chi connectivity index (χ4v) is 3.16. The summed E-state index contributed by atoms with van der Waals surface area (Å²) in [6.07, 6.45) is 2.82. The van der Waals surface area contributed by atoms with E-state index < -0.39 is 24.2 Å². The summed E-state index contributed by atoms with van der Waals surface area (Å²) in [7, 11) is 1.51. The van der Waals surface area contributed by atoms with Gasteiger partial charge in [-0.25, -0.2) is 0 Å². The van der Waals surface area contributed by atoms with Crippen molar-refractivity contribution in [3.8, 4) is 11.5 Å². The van der Waals surface area contributed by atoms with E-state index in [4.69, 9.17) is 9.47 Å². The Morgan fingerprint density at radius 1 is 1.10 bits per heavy atom. The SMILES string of the molecule is C=CCOc1ccc(/C=C2\C(=O)N(CCC(=O)[O-])C(=O)c3ccccc32)cc1OC. The molecule has 7 nitrogen and oxygen atoms in total. The molecule has 0 saturated heterocycles. The van der Waals surface area contributed by atoms with E-state index in [0.29, 0.717) is 34.8 Å². The molecule has 0 unspecified atom stereocenters. The topological polar surface area (TPSA) is 96.0 Å². The van der Waals surface area contributed by atoms with E-state index in [1.165, 1.54) is 7.11 Å². The third kappa shape index (κ3) is 4.25. The Hall–Kier alpha value is -3.87. The monoisotopic (exact) mass is 406 g/mol. The number of carboxylic acid groups (broad SMARTS) is 1. The number of nitrogens with zero attached hydrogens (tertiary/aromatic N) is 1. The number of aliphatic carboxylic acids is 1. The lowest BCUT2D eigenvalue weighted by atomic mass is 9.92. The Morgan fingerprint density at radius 3 is 2.50 bits per heavy atom. The maximum absolute atomic E-state index is 13.0. The molecule has 0 spiro atoms. The van der Waals surface area contributed by atoms with Crippen molar-refractivity contribution >= 4 is 29.4 Å². The largest absolute Gasteiger partial charge is 0.550 e. The van der Waals surface area contributed by atoms with Gasteiger partial charge in [-0.05, 0) is 35.4 Å². The zero-order valence-electron chi connectivity index (χ0n) is 16.4. The van der Waals surface area contributed by atoms with Gasteiger partial charge >= 0.3 is 0 Å². The van der Waals surface area contributed by atoms with Crippen LogP contribution in [0.4, 0.5) is 0 Å². The smallest absolute Gasteiger partial charge is 0.261 e. The molecule has 0 fully saturated rings. The molecule has 2 amide bonds. The van der Waals surface area contributed by atoms with Crippen LogP contribution < -0.4 is 14.6 Å². The highest BCUT2D eigenvalue weighted by atomic mass is 16.5. The standard InChI is InChI=1S/C23H21NO6/c1-3-12-30-19-9-8-15(14-20(19)29-2)13-18-16-6-4-5-7-17(16)22(27)24(23(18)28)11-10-21(25)26/h3-9,13-14H,1,10-12H2,2H3,(H,25,26)/p-1/b18-13-. The average molecular weight is 406 g/mol. The third-order valence-corrected chi connectivity index (χ3v) is 4.56. The van der Waals surface area contributed by atoms with Gasteiger partial charge in [0, 0.05) is 30.1 Å². The van der Waals surface area contributed by atoms with Crippen LogP contribution >= 0.6 is 0 Å². The summed E-state index contributed by atoms with van der Waals surface area (Å²) < 4.78 is 10.9. The molecular formula is C23H20NO6-. The maximum Gasteiger partial charge on any atom is 0.261 e. The van der Waals surface area contributed by atoms with Crippen molar-refractivity contribution in [3.05, 3.63) is 71.8 Å². The molecule has 0 saturated carbocycles. The predicted molar refractivity (Wildman–Crippen MR) is 109 cm³/mol. The van der Waals surface area contributed by atoms with Crippen LogP contribution in [-0.4, -0.2) is 42.9 Å². The molecule has 0 aliphatic carbocycles. The maximum atomic E-state index is 13.0. The van der Waals surface area contributed by atoms with Crippen molar-refractivity contribution in [3.63, 3.8) is 0 Å². The van der Waals surface area contributed by atoms with Gasteiger partial charge in [0.25, 0.3) is 11.8 Å². The number of carbonyl (C=O) groups excluding carboxylic acids is 3. The van der Waals surface area contributed by atoms with Crippen LogP contribution in [0.15, 0.2) is 55.1 Å². The zero-order valence-corrected chi connectivity index (χ0v) is 16.4. The molecule has 3 rings (SSSR count). The second kappa shape index (κ2) is 9.09. The van der Waals surface area contributed by atoms with Gasteiger partial charge in [-0.3, -0.25) is 14.5 Å². The van der Waals surface area contributed by atoms with Gasteiger partial charge in [-0.1, -0.05) is 36.9 Å². The second-order valence-corrected chi connectivity index (χ2v) is 6.50. The number of hydrogen-bond donors (Lipinski definition) is 0. The lowest BCUT2D eigenvalue weighted by Crippen LogP contribution is -2.43. The minimum Gasteiger partial charge on any atom is -0.550 e. The number of carboxylic acids is 1. The molecule has 0 N–H and O–H groups in total. The highest BCUT2D eigenvalue weighted by Gasteiger charge is 2.34. The first-order valence-corrected chi connectivity index (χ1v) is 9.25. The average Bonchev–Trinajstić information content (AvgIpc) is 2.75. The van der Waals surface area contributed by atoms with Crippen LogP contribution in [0, 0.1) is 0 Å². The van der Waals surface area contributed by atoms with E-state index >= 15 is 0 Å². The van der Waals surface area contributed by atoms with E-state index in [1.54, 1.807) is 54.6 Å². The first-order chi connectivity index (χ1) is 14.5. The molecule has 2 aromatic rings. The minimum atomic E-state index is -1.33. The van der Waals surface area contributed by atoms with E-state index in [-0.39, 0.29) is 12.1 Å². The Kier molecular flexibility index (Phi) is 6.32. The molecule has 1 heterocycles. The number of fused-ring (bicyclic) bond motifs is 1. The summed E-state index contributed by atoms with van der Waals surface area (Å²) in [6.45, 7) is 3.67. The van der Waals surface area contributed by atoms with E-state index in [9.17, 15) is 19.5 Å². The number of amides is 2. The van der Waals surface area contributed by atoms with Crippen LogP contribution in [0.5, 0.6) is 11.5 Å². The lowest BCUT2D eigenvalue weighted by Gasteiger charge is -2.28. The number of rotatable bonds is 8. The second-order valence-electron chi connectivity index (χ2n) is 6.50. The van der Waals surface area contributed by atoms with Crippen LogP contribution in [0.25, 0.3) is 11.6 Å². The minimum absolute atomic E-state index is 0.261. The van der Waals surface area contributed by atoms with Crippen molar-refractivity contribution in [2.24, 2.45) is 0 Å². The molecule has 1 aliphatic rings. The molecule has 0 bridgehead atoms. The number of imide groups is 1. The van der Waals surface area contributed by atoms with E-state index in [2.05, 4.69) is 6.58 Å². The number of benzene rings is 2. The van der Waals surface area contributed by atoms with Crippen LogP contribution in [0.1, 0.15) is 27.9 Å². The van der Waals surface area contributed by atoms with Crippen molar-refractivity contribution in [2.75, 3.05) is 20.3 Å². The fraction of sp³-hybridized carbons (Fsp3) is 0.174. The first-order valence-electron chi connectivity index (χ1n) is 9.25. The highest BCUT2D eigenvalue weighted by Crippen LogP contribution is 2.33. The van der Waals surface area contributed by atoms with Crippen LogP contribution in [0.2, 0.25) is 0 Å². The van der Waals surface area contributed by atoms with Gasteiger partial charge < -0.3 is 19.4 Å². The molecular weight excluding hydrogens is 386 g/mol. The van der Waals surface area contributed by atoms with Gasteiger partial charge in [0.15, 0.2) is 11.5 Å². The number of carbonyl (C=O) groups is 3. The summed E-state index contributed by atoms with van der Waals surface area (Å²) in [5, 5.41) is 10.8. The third-order valence-electron chi connectivity index (χ3n) is 4.56. The molecule has 0 aromatic heterocycles. The summed E-state index contributed by atoms with van der Waals surface area (Å²) in [6, 6.07) is 11.9. The van der Waals surface area contributed by atoms with Gasteiger partial charge in [0.05, 0.1) is 7.11 Å². The molecule has 1 aliphatic heterocycles. The van der Waals surface area contributed by atoms with Crippen molar-refractivity contribution in [1.29, 1.82) is 0 Å². The molecule has 0 atom stereocenters. The van der Waals surface area contributed by atoms with Gasteiger partial charge in [-0.2, -0.15) is 0 Å². The van der Waals surface area contributed by atoms with Crippen molar-refractivity contribution in [1.82, 2.24) is 4.90 Å². The highest BCUT2D eigenvalue weighted by molar-refractivity contribution is 6.33. The molecule has 154 valence electrons. The van der Waals surface area contributed by atoms with Crippen molar-refractivity contribution < 1.29 is 29.0 Å². The Morgan fingerprint density at radius 2 is 1.83 bits per heavy atom. The number of ether oxygens (including phenoxy) is 2. The summed E-state index contributed by atoms with van der Waals surface area (Å²) >= 11 is 0. The zero-order chi connectivity index (χ0) is 21.7. The molecule has 0 radical (unpaired) electrons. The van der Waals surface area contributed by atoms with E-state index in [0.717, 1.165) is 4.90 Å². The van der Waals surface area contributed by atoms with Gasteiger partial charge in [0.2, 0.25) is 0 Å². The Labute approximate surface area is 173 Å². The fourth-order valence-electron chi connectivity index (χ4n) is 3.16. The summed E-state index contributed by atoms with van der Waals surface area (Å²) in [5.74, 6) is -1.42. The number of hydrogen-bond acceptors (Lipinski definition) is 6. The molecule has 7 heteroatoms.